The maximum Gasteiger partial charge on any atom is 0.471 e. The summed E-state index contributed by atoms with van der Waals surface area (Å²) in [4.78, 5) is 19.3. The Morgan fingerprint density at radius 2 is 2.00 bits per heavy atom. The van der Waals surface area contributed by atoms with E-state index in [0.717, 1.165) is 18.7 Å². The molecule has 2 aromatic rings. The lowest BCUT2D eigenvalue weighted by Gasteiger charge is -1.99. The molecule has 1 aliphatic rings. The summed E-state index contributed by atoms with van der Waals surface area (Å²) in [7, 11) is 0. The summed E-state index contributed by atoms with van der Waals surface area (Å²) in [5.41, 5.74) is 1.44. The SMILES string of the molecule is O=C(N=C1CCNC1)c1ccc(-c2noc(C(F)(F)F)n2)cc1. The number of halogens is 3. The summed E-state index contributed by atoms with van der Waals surface area (Å²) in [5.74, 6) is -1.99. The van der Waals surface area contributed by atoms with Crippen molar-refractivity contribution in [2.75, 3.05) is 13.1 Å². The van der Waals surface area contributed by atoms with Crippen LogP contribution in [0.25, 0.3) is 11.4 Å². The third kappa shape index (κ3) is 3.45. The van der Waals surface area contributed by atoms with Gasteiger partial charge in [-0.05, 0) is 18.6 Å². The predicted octanol–water partition coefficient (Wildman–Crippen LogP) is 2.33. The maximum atomic E-state index is 12.4. The van der Waals surface area contributed by atoms with Gasteiger partial charge in [-0.2, -0.15) is 18.2 Å². The van der Waals surface area contributed by atoms with Gasteiger partial charge < -0.3 is 9.84 Å². The van der Waals surface area contributed by atoms with Gasteiger partial charge in [-0.3, -0.25) is 4.79 Å². The van der Waals surface area contributed by atoms with Crippen LogP contribution in [0.15, 0.2) is 33.8 Å². The van der Waals surface area contributed by atoms with Gasteiger partial charge in [-0.15, -0.1) is 0 Å². The molecule has 0 atom stereocenters. The number of amides is 1. The molecule has 1 aromatic carbocycles. The molecule has 9 heteroatoms. The molecule has 0 bridgehead atoms. The molecule has 0 spiro atoms. The molecule has 0 saturated carbocycles. The second-order valence-electron chi connectivity index (χ2n) is 4.91. The number of benzene rings is 1. The highest BCUT2D eigenvalue weighted by molar-refractivity contribution is 6.05. The van der Waals surface area contributed by atoms with Gasteiger partial charge in [0.2, 0.25) is 5.82 Å². The topological polar surface area (TPSA) is 80.4 Å². The first kappa shape index (κ1) is 15.3. The van der Waals surface area contributed by atoms with Crippen LogP contribution in [0.3, 0.4) is 0 Å². The first-order chi connectivity index (χ1) is 10.9. The van der Waals surface area contributed by atoms with Crippen LogP contribution in [0.1, 0.15) is 22.7 Å². The zero-order valence-corrected chi connectivity index (χ0v) is 11.7. The molecule has 0 unspecified atom stereocenters. The highest BCUT2D eigenvalue weighted by Crippen LogP contribution is 2.29. The summed E-state index contributed by atoms with van der Waals surface area (Å²) in [6.45, 7) is 1.39. The monoisotopic (exact) mass is 324 g/mol. The highest BCUT2D eigenvalue weighted by Gasteiger charge is 2.38. The zero-order chi connectivity index (χ0) is 16.4. The Morgan fingerprint density at radius 3 is 2.57 bits per heavy atom. The first-order valence-electron chi connectivity index (χ1n) is 6.76. The van der Waals surface area contributed by atoms with Gasteiger partial charge in [0.05, 0.1) is 0 Å². The average Bonchev–Trinajstić information content (AvgIpc) is 3.18. The van der Waals surface area contributed by atoms with E-state index in [-0.39, 0.29) is 11.7 Å². The van der Waals surface area contributed by atoms with Gasteiger partial charge in [0.1, 0.15) is 0 Å². The molecule has 120 valence electrons. The van der Waals surface area contributed by atoms with Gasteiger partial charge in [-0.1, -0.05) is 17.3 Å². The van der Waals surface area contributed by atoms with Crippen molar-refractivity contribution < 1.29 is 22.5 Å². The lowest BCUT2D eigenvalue weighted by atomic mass is 10.1. The van der Waals surface area contributed by atoms with Crippen molar-refractivity contribution in [3.63, 3.8) is 0 Å². The molecule has 1 aromatic heterocycles. The second kappa shape index (κ2) is 5.92. The molecule has 0 aliphatic carbocycles. The minimum absolute atomic E-state index is 0.192. The third-order valence-corrected chi connectivity index (χ3v) is 3.24. The Morgan fingerprint density at radius 1 is 1.26 bits per heavy atom. The van der Waals surface area contributed by atoms with E-state index in [2.05, 4.69) is 25.0 Å². The molecule has 1 aliphatic heterocycles. The highest BCUT2D eigenvalue weighted by atomic mass is 19.4. The largest absolute Gasteiger partial charge is 0.471 e. The van der Waals surface area contributed by atoms with E-state index < -0.39 is 12.1 Å². The number of aromatic nitrogens is 2. The minimum atomic E-state index is -4.69. The predicted molar refractivity (Wildman–Crippen MR) is 74.0 cm³/mol. The minimum Gasteiger partial charge on any atom is -0.329 e. The van der Waals surface area contributed by atoms with Crippen molar-refractivity contribution in [2.45, 2.75) is 12.6 Å². The molecule has 1 amide bonds. The zero-order valence-electron chi connectivity index (χ0n) is 11.7. The smallest absolute Gasteiger partial charge is 0.329 e. The van der Waals surface area contributed by atoms with Crippen LogP contribution < -0.4 is 5.32 Å². The Bertz CT molecular complexity index is 742. The van der Waals surface area contributed by atoms with Crippen LogP contribution in [0.5, 0.6) is 0 Å². The fourth-order valence-electron chi connectivity index (χ4n) is 2.08. The first-order valence-corrected chi connectivity index (χ1v) is 6.76. The molecular weight excluding hydrogens is 313 g/mol. The molecule has 1 N–H and O–H groups in total. The van der Waals surface area contributed by atoms with Crippen LogP contribution in [0.2, 0.25) is 0 Å². The number of nitrogens with zero attached hydrogens (tertiary/aromatic N) is 3. The normalized spacial score (nSPS) is 16.9. The number of hydrogen-bond donors (Lipinski definition) is 1. The van der Waals surface area contributed by atoms with E-state index in [1.807, 2.05) is 0 Å². The van der Waals surface area contributed by atoms with E-state index in [1.54, 1.807) is 0 Å². The van der Waals surface area contributed by atoms with Crippen molar-refractivity contribution in [3.05, 3.63) is 35.7 Å². The number of aliphatic imine (C=N–C) groups is 1. The van der Waals surface area contributed by atoms with E-state index in [4.69, 9.17) is 0 Å². The molecule has 23 heavy (non-hydrogen) atoms. The quantitative estimate of drug-likeness (QED) is 0.917. The fourth-order valence-corrected chi connectivity index (χ4v) is 2.08. The summed E-state index contributed by atoms with van der Waals surface area (Å²) < 4.78 is 41.4. The molecule has 0 radical (unpaired) electrons. The van der Waals surface area contributed by atoms with Gasteiger partial charge in [0, 0.05) is 29.9 Å². The molecule has 1 fully saturated rings. The average molecular weight is 324 g/mol. The van der Waals surface area contributed by atoms with Gasteiger partial charge in [0.25, 0.3) is 5.91 Å². The van der Waals surface area contributed by atoms with Crippen molar-refractivity contribution in [3.8, 4) is 11.4 Å². The summed E-state index contributed by atoms with van der Waals surface area (Å²) in [6, 6.07) is 5.83. The van der Waals surface area contributed by atoms with E-state index >= 15 is 0 Å². The van der Waals surface area contributed by atoms with E-state index in [1.165, 1.54) is 24.3 Å². The summed E-state index contributed by atoms with van der Waals surface area (Å²) in [6.07, 6.45) is -3.96. The van der Waals surface area contributed by atoms with Gasteiger partial charge in [-0.25, -0.2) is 4.99 Å². The van der Waals surface area contributed by atoms with Crippen molar-refractivity contribution in [1.82, 2.24) is 15.5 Å². The van der Waals surface area contributed by atoms with Crippen LogP contribution in [-0.2, 0) is 6.18 Å². The Hall–Kier alpha value is -2.55. The Labute approximate surface area is 128 Å². The lowest BCUT2D eigenvalue weighted by Crippen LogP contribution is -2.10. The maximum absolute atomic E-state index is 12.4. The molecule has 6 nitrogen and oxygen atoms in total. The standard InChI is InChI=1S/C14H11F3N4O2/c15-14(16,17)13-20-11(21-23-13)8-1-3-9(4-2-8)12(22)19-10-5-6-18-7-10/h1-4,18H,5-7H2. The second-order valence-corrected chi connectivity index (χ2v) is 4.91. The Balaban J connectivity index is 1.78. The lowest BCUT2D eigenvalue weighted by molar-refractivity contribution is -0.159. The third-order valence-electron chi connectivity index (χ3n) is 3.24. The number of nitrogens with one attached hydrogen (secondary N) is 1. The van der Waals surface area contributed by atoms with Crippen LogP contribution in [0.4, 0.5) is 13.2 Å². The van der Waals surface area contributed by atoms with Crippen LogP contribution in [0, 0.1) is 0 Å². The van der Waals surface area contributed by atoms with Crippen molar-refractivity contribution in [2.24, 2.45) is 4.99 Å². The van der Waals surface area contributed by atoms with Crippen LogP contribution in [-0.4, -0.2) is 34.8 Å². The molecular formula is C14H11F3N4O2. The van der Waals surface area contributed by atoms with Crippen molar-refractivity contribution in [1.29, 1.82) is 0 Å². The summed E-state index contributed by atoms with van der Waals surface area (Å²) >= 11 is 0. The van der Waals surface area contributed by atoms with Crippen LogP contribution >= 0.6 is 0 Å². The van der Waals surface area contributed by atoms with Gasteiger partial charge in [0.15, 0.2) is 0 Å². The number of rotatable bonds is 2. The van der Waals surface area contributed by atoms with Gasteiger partial charge >= 0.3 is 12.1 Å². The molecule has 1 saturated heterocycles. The number of carbonyl (C=O) groups excluding carboxylic acids is 1. The van der Waals surface area contributed by atoms with Crippen molar-refractivity contribution >= 4 is 11.6 Å². The molecule has 2 heterocycles. The Kier molecular flexibility index (Phi) is 3.95. The number of hydrogen-bond acceptors (Lipinski definition) is 5. The molecule has 3 rings (SSSR count). The fraction of sp³-hybridized carbons (Fsp3) is 0.286. The number of carbonyl (C=O) groups is 1. The van der Waals surface area contributed by atoms with E-state index in [0.29, 0.717) is 17.7 Å². The number of alkyl halides is 3. The van der Waals surface area contributed by atoms with E-state index in [9.17, 15) is 18.0 Å². The summed E-state index contributed by atoms with van der Waals surface area (Å²) in [5, 5.41) is 6.36.